The summed E-state index contributed by atoms with van der Waals surface area (Å²) in [6, 6.07) is 5.39. The number of aryl methyl sites for hydroxylation is 2. The Morgan fingerprint density at radius 2 is 2.08 bits per heavy atom. The number of rotatable bonds is 3. The molecule has 0 saturated heterocycles. The highest BCUT2D eigenvalue weighted by atomic mass is 16.3. The molecule has 3 aromatic rings. The van der Waals surface area contributed by atoms with E-state index in [0.717, 1.165) is 5.76 Å². The van der Waals surface area contributed by atoms with Gasteiger partial charge in [0.05, 0.1) is 17.5 Å². The van der Waals surface area contributed by atoms with Crippen molar-refractivity contribution in [3.05, 3.63) is 47.7 Å². The predicted molar refractivity (Wildman–Crippen MR) is 91.0 cm³/mol. The van der Waals surface area contributed by atoms with Crippen LogP contribution in [-0.2, 0) is 12.5 Å². The smallest absolute Gasteiger partial charge is 0.259 e. The fourth-order valence-electron chi connectivity index (χ4n) is 2.44. The van der Waals surface area contributed by atoms with Gasteiger partial charge >= 0.3 is 0 Å². The molecule has 0 spiro atoms. The largest absolute Gasteiger partial charge is 0.465 e. The maximum absolute atomic E-state index is 12.7. The lowest BCUT2D eigenvalue weighted by atomic mass is 9.93. The number of nitrogens with zero attached hydrogens (tertiary/aromatic N) is 2. The molecule has 0 aromatic carbocycles. The van der Waals surface area contributed by atoms with Crippen LogP contribution in [0.3, 0.4) is 0 Å². The summed E-state index contributed by atoms with van der Waals surface area (Å²) >= 11 is 0. The van der Waals surface area contributed by atoms with Gasteiger partial charge in [0.25, 0.3) is 5.91 Å². The van der Waals surface area contributed by atoms with Gasteiger partial charge in [-0.3, -0.25) is 9.48 Å². The molecule has 126 valence electrons. The molecule has 0 saturated carbocycles. The van der Waals surface area contributed by atoms with Crippen LogP contribution in [-0.4, -0.2) is 15.7 Å². The minimum absolute atomic E-state index is 0.156. The Hall–Kier alpha value is -2.76. The van der Waals surface area contributed by atoms with Crippen molar-refractivity contribution < 1.29 is 13.6 Å². The van der Waals surface area contributed by atoms with Crippen LogP contribution < -0.4 is 5.32 Å². The van der Waals surface area contributed by atoms with Gasteiger partial charge in [0.1, 0.15) is 11.5 Å². The first-order chi connectivity index (χ1) is 11.3. The predicted octanol–water partition coefficient (Wildman–Crippen LogP) is 4.13. The fourth-order valence-corrected chi connectivity index (χ4v) is 2.44. The molecule has 0 radical (unpaired) electrons. The van der Waals surface area contributed by atoms with Gasteiger partial charge in [-0.05, 0) is 25.1 Å². The molecule has 0 bridgehead atoms. The Balaban J connectivity index is 1.90. The van der Waals surface area contributed by atoms with Gasteiger partial charge in [-0.25, -0.2) is 0 Å². The molecule has 0 aliphatic heterocycles. The second-order valence-corrected chi connectivity index (χ2v) is 6.83. The molecule has 3 heterocycles. The van der Waals surface area contributed by atoms with Gasteiger partial charge in [-0.15, -0.1) is 0 Å². The first kappa shape index (κ1) is 16.1. The van der Waals surface area contributed by atoms with Crippen LogP contribution in [0.4, 0.5) is 5.69 Å². The zero-order valence-electron chi connectivity index (χ0n) is 14.5. The first-order valence-corrected chi connectivity index (χ1v) is 7.75. The number of hydrogen-bond donors (Lipinski definition) is 1. The summed E-state index contributed by atoms with van der Waals surface area (Å²) in [7, 11) is 1.79. The van der Waals surface area contributed by atoms with E-state index in [1.54, 1.807) is 49.3 Å². The summed E-state index contributed by atoms with van der Waals surface area (Å²) < 4.78 is 12.8. The van der Waals surface area contributed by atoms with Gasteiger partial charge in [-0.2, -0.15) is 5.10 Å². The summed E-state index contributed by atoms with van der Waals surface area (Å²) in [5.74, 6) is 1.75. The monoisotopic (exact) mass is 327 g/mol. The topological polar surface area (TPSA) is 73.2 Å². The van der Waals surface area contributed by atoms with Gasteiger partial charge in [0.2, 0.25) is 0 Å². The van der Waals surface area contributed by atoms with E-state index in [0.29, 0.717) is 28.5 Å². The van der Waals surface area contributed by atoms with Crippen molar-refractivity contribution in [2.75, 3.05) is 5.32 Å². The second-order valence-electron chi connectivity index (χ2n) is 6.83. The lowest BCUT2D eigenvalue weighted by molar-refractivity contribution is 0.102. The molecule has 3 aromatic heterocycles. The first-order valence-electron chi connectivity index (χ1n) is 7.75. The van der Waals surface area contributed by atoms with E-state index < -0.39 is 0 Å². The highest BCUT2D eigenvalue weighted by Crippen LogP contribution is 2.29. The molecule has 0 fully saturated rings. The third-order valence-electron chi connectivity index (χ3n) is 3.73. The summed E-state index contributed by atoms with van der Waals surface area (Å²) in [5.41, 5.74) is 1.55. The van der Waals surface area contributed by atoms with E-state index >= 15 is 0 Å². The summed E-state index contributed by atoms with van der Waals surface area (Å²) in [6.07, 6.45) is 3.32. The van der Waals surface area contributed by atoms with Crippen LogP contribution in [0.1, 0.15) is 42.6 Å². The molecular weight excluding hydrogens is 306 g/mol. The van der Waals surface area contributed by atoms with E-state index in [-0.39, 0.29) is 11.3 Å². The van der Waals surface area contributed by atoms with Crippen molar-refractivity contribution >= 4 is 11.6 Å². The number of carbonyl (C=O) groups is 1. The number of carbonyl (C=O) groups excluding carboxylic acids is 1. The molecule has 0 aliphatic rings. The molecule has 24 heavy (non-hydrogen) atoms. The highest BCUT2D eigenvalue weighted by molar-refractivity contribution is 6.06. The zero-order chi connectivity index (χ0) is 17.5. The van der Waals surface area contributed by atoms with Crippen molar-refractivity contribution in [3.63, 3.8) is 0 Å². The summed E-state index contributed by atoms with van der Waals surface area (Å²) in [4.78, 5) is 12.7. The van der Waals surface area contributed by atoms with Crippen LogP contribution in [0.2, 0.25) is 0 Å². The number of anilines is 1. The zero-order valence-corrected chi connectivity index (χ0v) is 14.5. The van der Waals surface area contributed by atoms with E-state index in [9.17, 15) is 4.79 Å². The average Bonchev–Trinajstić information content (AvgIpc) is 3.17. The number of amides is 1. The molecule has 6 nitrogen and oxygen atoms in total. The maximum Gasteiger partial charge on any atom is 0.259 e. The van der Waals surface area contributed by atoms with Crippen molar-refractivity contribution in [1.29, 1.82) is 0 Å². The van der Waals surface area contributed by atoms with Crippen LogP contribution in [0.25, 0.3) is 11.5 Å². The standard InChI is InChI=1S/C18H21N3O3/c1-11-12(9-15(24-11)18(2,3)4)17(22)19-13-10-21(5)20-16(13)14-7-6-8-23-14/h6-10H,1-5H3,(H,19,22). The minimum Gasteiger partial charge on any atom is -0.465 e. The Morgan fingerprint density at radius 3 is 2.67 bits per heavy atom. The molecule has 3 rings (SSSR count). The molecule has 6 heteroatoms. The lowest BCUT2D eigenvalue weighted by Gasteiger charge is -2.13. The van der Waals surface area contributed by atoms with Gasteiger partial charge in [0.15, 0.2) is 11.5 Å². The van der Waals surface area contributed by atoms with E-state index in [1.807, 2.05) is 20.8 Å². The van der Waals surface area contributed by atoms with Crippen molar-refractivity contribution in [2.24, 2.45) is 7.05 Å². The number of nitrogens with one attached hydrogen (secondary N) is 1. The quantitative estimate of drug-likeness (QED) is 0.785. The molecular formula is C18H21N3O3. The SMILES string of the molecule is Cc1oc(C(C)(C)C)cc1C(=O)Nc1cn(C)nc1-c1ccco1. The average molecular weight is 327 g/mol. The van der Waals surface area contributed by atoms with E-state index in [2.05, 4.69) is 10.4 Å². The van der Waals surface area contributed by atoms with Crippen molar-refractivity contribution in [3.8, 4) is 11.5 Å². The van der Waals surface area contributed by atoms with E-state index in [4.69, 9.17) is 8.83 Å². The Morgan fingerprint density at radius 1 is 1.33 bits per heavy atom. The van der Waals surface area contributed by atoms with Crippen LogP contribution in [0.15, 0.2) is 39.5 Å². The number of furan rings is 2. The maximum atomic E-state index is 12.7. The van der Waals surface area contributed by atoms with Crippen molar-refractivity contribution in [1.82, 2.24) is 9.78 Å². The van der Waals surface area contributed by atoms with Gasteiger partial charge in [-0.1, -0.05) is 20.8 Å². The normalized spacial score (nSPS) is 11.7. The van der Waals surface area contributed by atoms with Crippen LogP contribution >= 0.6 is 0 Å². The molecule has 0 unspecified atom stereocenters. The second kappa shape index (κ2) is 5.70. The number of hydrogen-bond acceptors (Lipinski definition) is 4. The Labute approximate surface area is 140 Å². The fraction of sp³-hybridized carbons (Fsp3) is 0.333. The Kier molecular flexibility index (Phi) is 3.83. The van der Waals surface area contributed by atoms with Gasteiger partial charge in [0, 0.05) is 18.7 Å². The summed E-state index contributed by atoms with van der Waals surface area (Å²) in [6.45, 7) is 7.93. The highest BCUT2D eigenvalue weighted by Gasteiger charge is 2.24. The molecule has 1 N–H and O–H groups in total. The minimum atomic E-state index is -0.229. The summed E-state index contributed by atoms with van der Waals surface area (Å²) in [5, 5.41) is 7.25. The molecule has 1 amide bonds. The van der Waals surface area contributed by atoms with Gasteiger partial charge < -0.3 is 14.2 Å². The lowest BCUT2D eigenvalue weighted by Crippen LogP contribution is -2.13. The molecule has 0 atom stereocenters. The van der Waals surface area contributed by atoms with Crippen LogP contribution in [0, 0.1) is 6.92 Å². The van der Waals surface area contributed by atoms with Crippen LogP contribution in [0.5, 0.6) is 0 Å². The Bertz CT molecular complexity index is 864. The number of aromatic nitrogens is 2. The van der Waals surface area contributed by atoms with Crippen molar-refractivity contribution in [2.45, 2.75) is 33.1 Å². The van der Waals surface area contributed by atoms with E-state index in [1.165, 1.54) is 0 Å². The third-order valence-corrected chi connectivity index (χ3v) is 3.73. The third kappa shape index (κ3) is 2.99. The molecule has 0 aliphatic carbocycles.